The number of methoxy groups -OCH3 is 1. The van der Waals surface area contributed by atoms with E-state index in [0.29, 0.717) is 12.3 Å². The maximum absolute atomic E-state index is 12.6. The molecule has 1 aromatic rings. The Kier molecular flexibility index (Phi) is 10.4. The number of nitrogens with one attached hydrogen (secondary N) is 3. The predicted octanol–water partition coefficient (Wildman–Crippen LogP) is 2.80. The summed E-state index contributed by atoms with van der Waals surface area (Å²) in [6, 6.07) is 5.51. The molecule has 31 heavy (non-hydrogen) atoms. The highest BCUT2D eigenvalue weighted by Crippen LogP contribution is 2.12. The van der Waals surface area contributed by atoms with Gasteiger partial charge in [0.05, 0.1) is 6.61 Å². The summed E-state index contributed by atoms with van der Waals surface area (Å²) in [6.45, 7) is 11.0. The molecular weight excluding hydrogens is 402 g/mol. The van der Waals surface area contributed by atoms with E-state index in [-0.39, 0.29) is 18.6 Å². The van der Waals surface area contributed by atoms with Crippen molar-refractivity contribution < 1.29 is 28.6 Å². The van der Waals surface area contributed by atoms with Gasteiger partial charge in [-0.2, -0.15) is 0 Å². The first kappa shape index (κ1) is 26.4. The van der Waals surface area contributed by atoms with Crippen molar-refractivity contribution in [1.29, 1.82) is 0 Å². The van der Waals surface area contributed by atoms with Gasteiger partial charge in [-0.1, -0.05) is 26.0 Å². The molecule has 0 aromatic heterocycles. The van der Waals surface area contributed by atoms with Gasteiger partial charge in [-0.25, -0.2) is 4.79 Å². The van der Waals surface area contributed by atoms with Crippen molar-refractivity contribution in [2.24, 2.45) is 5.92 Å². The van der Waals surface area contributed by atoms with Crippen LogP contribution in [0.4, 0.5) is 10.5 Å². The lowest BCUT2D eigenvalue weighted by Crippen LogP contribution is -2.54. The van der Waals surface area contributed by atoms with Crippen molar-refractivity contribution in [1.82, 2.24) is 10.6 Å². The van der Waals surface area contributed by atoms with E-state index < -0.39 is 29.7 Å². The van der Waals surface area contributed by atoms with E-state index in [4.69, 9.17) is 14.2 Å². The zero-order valence-corrected chi connectivity index (χ0v) is 19.4. The molecule has 0 heterocycles. The SMILES string of the molecule is COCOCc1ccc(NC(=O)[C@H](C)NC(=O)[C@@H](NC(=O)OC(C)(C)C)C(C)C)cc1. The Hall–Kier alpha value is -2.65. The standard InChI is InChI=1S/C22H35N3O6/c1-14(2)18(25-21(28)31-22(4,5)6)20(27)23-15(3)19(26)24-17-10-8-16(9-11-17)12-30-13-29-7/h8-11,14-15,18H,12-13H2,1-7H3,(H,23,27)(H,24,26)(H,25,28)/t15-,18-/m0/s1. The second-order valence-corrected chi connectivity index (χ2v) is 8.54. The molecular formula is C22H35N3O6. The first-order chi connectivity index (χ1) is 14.4. The minimum Gasteiger partial charge on any atom is -0.444 e. The third kappa shape index (κ3) is 10.3. The van der Waals surface area contributed by atoms with Crippen LogP contribution in [0.25, 0.3) is 0 Å². The minimum absolute atomic E-state index is 0.198. The highest BCUT2D eigenvalue weighted by atomic mass is 16.7. The maximum Gasteiger partial charge on any atom is 0.408 e. The summed E-state index contributed by atoms with van der Waals surface area (Å²) in [5, 5.41) is 7.96. The van der Waals surface area contributed by atoms with Crippen LogP contribution in [0, 0.1) is 5.92 Å². The summed E-state index contributed by atoms with van der Waals surface area (Å²) in [6.07, 6.45) is -0.687. The number of amides is 3. The van der Waals surface area contributed by atoms with Gasteiger partial charge in [-0.15, -0.1) is 0 Å². The van der Waals surface area contributed by atoms with Gasteiger partial charge in [-0.3, -0.25) is 9.59 Å². The van der Waals surface area contributed by atoms with E-state index in [1.807, 2.05) is 12.1 Å². The van der Waals surface area contributed by atoms with Gasteiger partial charge < -0.3 is 30.2 Å². The fourth-order valence-electron chi connectivity index (χ4n) is 2.52. The Labute approximate surface area is 184 Å². The quantitative estimate of drug-likeness (QED) is 0.383. The van der Waals surface area contributed by atoms with Gasteiger partial charge in [0.1, 0.15) is 24.5 Å². The fraction of sp³-hybridized carbons (Fsp3) is 0.591. The lowest BCUT2D eigenvalue weighted by Gasteiger charge is -2.26. The number of carbonyl (C=O) groups is 3. The molecule has 0 unspecified atom stereocenters. The number of alkyl carbamates (subject to hydrolysis) is 1. The maximum atomic E-state index is 12.6. The van der Waals surface area contributed by atoms with E-state index in [2.05, 4.69) is 16.0 Å². The third-order valence-corrected chi connectivity index (χ3v) is 4.06. The van der Waals surface area contributed by atoms with Crippen molar-refractivity contribution >= 4 is 23.6 Å². The summed E-state index contributed by atoms with van der Waals surface area (Å²) in [5.74, 6) is -1.04. The van der Waals surface area contributed by atoms with Gasteiger partial charge in [0.15, 0.2) is 0 Å². The molecule has 3 N–H and O–H groups in total. The topological polar surface area (TPSA) is 115 Å². The van der Waals surface area contributed by atoms with E-state index in [0.717, 1.165) is 5.56 Å². The molecule has 0 saturated heterocycles. The van der Waals surface area contributed by atoms with Gasteiger partial charge in [0, 0.05) is 12.8 Å². The molecule has 1 aromatic carbocycles. The zero-order chi connectivity index (χ0) is 23.6. The smallest absolute Gasteiger partial charge is 0.408 e. The molecule has 0 aliphatic carbocycles. The lowest BCUT2D eigenvalue weighted by molar-refractivity contribution is -0.128. The van der Waals surface area contributed by atoms with Crippen LogP contribution in [-0.4, -0.2) is 49.5 Å². The van der Waals surface area contributed by atoms with Gasteiger partial charge in [-0.05, 0) is 51.3 Å². The van der Waals surface area contributed by atoms with Crippen LogP contribution in [0.1, 0.15) is 47.1 Å². The van der Waals surface area contributed by atoms with Crippen LogP contribution in [0.15, 0.2) is 24.3 Å². The normalized spacial score (nSPS) is 13.3. The average molecular weight is 438 g/mol. The lowest BCUT2D eigenvalue weighted by atomic mass is 10.0. The number of rotatable bonds is 10. The molecule has 0 radical (unpaired) electrons. The van der Waals surface area contributed by atoms with Gasteiger partial charge in [0.2, 0.25) is 11.8 Å². The van der Waals surface area contributed by atoms with Gasteiger partial charge >= 0.3 is 6.09 Å². The predicted molar refractivity (Wildman–Crippen MR) is 117 cm³/mol. The molecule has 0 spiro atoms. The van der Waals surface area contributed by atoms with E-state index >= 15 is 0 Å². The Bertz CT molecular complexity index is 728. The zero-order valence-electron chi connectivity index (χ0n) is 19.4. The largest absolute Gasteiger partial charge is 0.444 e. The third-order valence-electron chi connectivity index (χ3n) is 4.06. The van der Waals surface area contributed by atoms with Crippen LogP contribution >= 0.6 is 0 Å². The Morgan fingerprint density at radius 3 is 2.10 bits per heavy atom. The molecule has 0 aliphatic rings. The first-order valence-corrected chi connectivity index (χ1v) is 10.2. The number of ether oxygens (including phenoxy) is 3. The second-order valence-electron chi connectivity index (χ2n) is 8.54. The van der Waals surface area contributed by atoms with Crippen LogP contribution in [0.3, 0.4) is 0 Å². The first-order valence-electron chi connectivity index (χ1n) is 10.2. The summed E-state index contributed by atoms with van der Waals surface area (Å²) < 4.78 is 15.3. The Morgan fingerprint density at radius 2 is 1.58 bits per heavy atom. The minimum atomic E-state index is -0.837. The number of anilines is 1. The summed E-state index contributed by atoms with van der Waals surface area (Å²) in [5.41, 5.74) is 0.846. The highest BCUT2D eigenvalue weighted by molar-refractivity contribution is 5.98. The van der Waals surface area contributed by atoms with Crippen LogP contribution in [0.2, 0.25) is 0 Å². The number of hydrogen-bond acceptors (Lipinski definition) is 6. The highest BCUT2D eigenvalue weighted by Gasteiger charge is 2.28. The van der Waals surface area contributed by atoms with Crippen molar-refractivity contribution in [3.05, 3.63) is 29.8 Å². The van der Waals surface area contributed by atoms with Crippen molar-refractivity contribution in [2.75, 3.05) is 19.2 Å². The van der Waals surface area contributed by atoms with Crippen molar-refractivity contribution in [3.8, 4) is 0 Å². The Morgan fingerprint density at radius 1 is 0.968 bits per heavy atom. The van der Waals surface area contributed by atoms with Gasteiger partial charge in [0.25, 0.3) is 0 Å². The average Bonchev–Trinajstić information content (AvgIpc) is 2.65. The number of carbonyl (C=O) groups excluding carboxylic acids is 3. The van der Waals surface area contributed by atoms with Crippen LogP contribution < -0.4 is 16.0 Å². The molecule has 9 nitrogen and oxygen atoms in total. The van der Waals surface area contributed by atoms with E-state index in [1.165, 1.54) is 0 Å². The molecule has 2 atom stereocenters. The van der Waals surface area contributed by atoms with Crippen LogP contribution in [0.5, 0.6) is 0 Å². The van der Waals surface area contributed by atoms with Crippen LogP contribution in [-0.2, 0) is 30.4 Å². The Balaban J connectivity index is 2.62. The number of hydrogen-bond donors (Lipinski definition) is 3. The van der Waals surface area contributed by atoms with Crippen molar-refractivity contribution in [2.45, 2.75) is 65.8 Å². The van der Waals surface area contributed by atoms with Crippen molar-refractivity contribution in [3.63, 3.8) is 0 Å². The fourth-order valence-corrected chi connectivity index (χ4v) is 2.52. The molecule has 0 saturated carbocycles. The summed E-state index contributed by atoms with van der Waals surface area (Å²) >= 11 is 0. The molecule has 0 aliphatic heterocycles. The molecule has 0 bridgehead atoms. The molecule has 1 rings (SSSR count). The molecule has 174 valence electrons. The number of benzene rings is 1. The molecule has 9 heteroatoms. The molecule has 0 fully saturated rings. The van der Waals surface area contributed by atoms with E-state index in [9.17, 15) is 14.4 Å². The second kappa shape index (κ2) is 12.3. The summed E-state index contributed by atoms with van der Waals surface area (Å²) in [4.78, 5) is 37.1. The molecule has 3 amide bonds. The summed E-state index contributed by atoms with van der Waals surface area (Å²) in [7, 11) is 1.55. The monoisotopic (exact) mass is 437 g/mol. The van der Waals surface area contributed by atoms with E-state index in [1.54, 1.807) is 60.8 Å².